The highest BCUT2D eigenvalue weighted by atomic mass is 19.3. The number of halogens is 4. The molecule has 0 fully saturated rings. The van der Waals surface area contributed by atoms with Gasteiger partial charge in [0.1, 0.15) is 24.1 Å². The lowest BCUT2D eigenvalue weighted by atomic mass is 10.2. The molecule has 0 saturated heterocycles. The zero-order chi connectivity index (χ0) is 21.0. The van der Waals surface area contributed by atoms with Crippen LogP contribution in [0.25, 0.3) is 0 Å². The summed E-state index contributed by atoms with van der Waals surface area (Å²) < 4.78 is 55.9. The van der Waals surface area contributed by atoms with Gasteiger partial charge in [0.25, 0.3) is 18.5 Å². The molecule has 0 saturated carbocycles. The quantitative estimate of drug-likeness (QED) is 0.409. The van der Waals surface area contributed by atoms with Crippen LogP contribution in [0.1, 0.15) is 30.8 Å². The Morgan fingerprint density at radius 1 is 1.29 bits per heavy atom. The van der Waals surface area contributed by atoms with E-state index < -0.39 is 47.7 Å². The van der Waals surface area contributed by atoms with Gasteiger partial charge in [0.15, 0.2) is 0 Å². The molecular formula is C16H16F4N4O4. The molecule has 12 heteroatoms. The van der Waals surface area contributed by atoms with Crippen LogP contribution in [0, 0.1) is 17.0 Å². The Hall–Kier alpha value is -3.18. The van der Waals surface area contributed by atoms with Crippen LogP contribution in [0.2, 0.25) is 0 Å². The average molecular weight is 404 g/mol. The molecule has 1 amide bonds. The predicted octanol–water partition coefficient (Wildman–Crippen LogP) is 3.88. The molecule has 28 heavy (non-hydrogen) atoms. The van der Waals surface area contributed by atoms with E-state index in [9.17, 15) is 32.5 Å². The SMILES string of the molecule is Cc1cc(C(F)F)nn1C(C)C(=O)Nc1cc(OCC(F)F)cc([N+](=O)[O-])c1. The molecule has 0 aliphatic rings. The van der Waals surface area contributed by atoms with Gasteiger partial charge in [-0.2, -0.15) is 5.10 Å². The van der Waals surface area contributed by atoms with Crippen molar-refractivity contribution in [1.82, 2.24) is 9.78 Å². The van der Waals surface area contributed by atoms with Gasteiger partial charge in [-0.15, -0.1) is 0 Å². The highest BCUT2D eigenvalue weighted by Crippen LogP contribution is 2.27. The lowest BCUT2D eigenvalue weighted by Crippen LogP contribution is -2.25. The third-order valence-electron chi connectivity index (χ3n) is 3.66. The molecule has 2 rings (SSSR count). The summed E-state index contributed by atoms with van der Waals surface area (Å²) in [5, 5.41) is 17.0. The molecule has 8 nitrogen and oxygen atoms in total. The molecule has 152 valence electrons. The smallest absolute Gasteiger partial charge is 0.282 e. The van der Waals surface area contributed by atoms with Crippen molar-refractivity contribution in [2.45, 2.75) is 32.7 Å². The van der Waals surface area contributed by atoms with Crippen molar-refractivity contribution < 1.29 is 32.0 Å². The first-order valence-electron chi connectivity index (χ1n) is 7.94. The van der Waals surface area contributed by atoms with Gasteiger partial charge in [-0.1, -0.05) is 0 Å². The van der Waals surface area contributed by atoms with Crippen LogP contribution in [0.3, 0.4) is 0 Å². The first-order valence-corrected chi connectivity index (χ1v) is 7.94. The van der Waals surface area contributed by atoms with E-state index in [2.05, 4.69) is 10.4 Å². The maximum atomic E-state index is 12.8. The molecule has 1 heterocycles. The number of hydrogen-bond donors (Lipinski definition) is 1. The van der Waals surface area contributed by atoms with Gasteiger partial charge in [0.05, 0.1) is 16.7 Å². The van der Waals surface area contributed by atoms with Crippen LogP contribution < -0.4 is 10.1 Å². The Kier molecular flexibility index (Phi) is 6.54. The fourth-order valence-corrected chi connectivity index (χ4v) is 2.37. The molecule has 0 spiro atoms. The molecule has 1 atom stereocenters. The fraction of sp³-hybridized carbons (Fsp3) is 0.375. The number of hydrogen-bond acceptors (Lipinski definition) is 5. The average Bonchev–Trinajstić information content (AvgIpc) is 3.01. The van der Waals surface area contributed by atoms with Crippen molar-refractivity contribution in [2.75, 3.05) is 11.9 Å². The van der Waals surface area contributed by atoms with E-state index in [4.69, 9.17) is 4.74 Å². The minimum atomic E-state index is -2.80. The number of rotatable bonds is 8. The van der Waals surface area contributed by atoms with Crippen molar-refractivity contribution in [3.8, 4) is 5.75 Å². The molecule has 0 radical (unpaired) electrons. The van der Waals surface area contributed by atoms with E-state index in [1.54, 1.807) is 0 Å². The molecule has 1 aromatic heterocycles. The van der Waals surface area contributed by atoms with Crippen molar-refractivity contribution in [3.63, 3.8) is 0 Å². The van der Waals surface area contributed by atoms with E-state index in [1.807, 2.05) is 0 Å². The third-order valence-corrected chi connectivity index (χ3v) is 3.66. The molecule has 1 unspecified atom stereocenters. The number of amides is 1. The summed E-state index contributed by atoms with van der Waals surface area (Å²) in [5.74, 6) is -0.931. The van der Waals surface area contributed by atoms with Crippen LogP contribution >= 0.6 is 0 Å². The van der Waals surface area contributed by atoms with E-state index >= 15 is 0 Å². The highest BCUT2D eigenvalue weighted by Gasteiger charge is 2.22. The standard InChI is InChI=1S/C16H16F4N4O4/c1-8-3-13(15(19)20)22-23(8)9(2)16(25)21-10-4-11(24(26)27)6-12(5-10)28-7-14(17)18/h3-6,9,14-15H,7H2,1-2H3,(H,21,25). The van der Waals surface area contributed by atoms with Gasteiger partial charge < -0.3 is 10.1 Å². The zero-order valence-corrected chi connectivity index (χ0v) is 14.7. The maximum Gasteiger partial charge on any atom is 0.282 e. The number of nitrogens with zero attached hydrogens (tertiary/aromatic N) is 3. The lowest BCUT2D eigenvalue weighted by Gasteiger charge is -2.15. The summed E-state index contributed by atoms with van der Waals surface area (Å²) in [4.78, 5) is 22.6. The highest BCUT2D eigenvalue weighted by molar-refractivity contribution is 5.94. The summed E-state index contributed by atoms with van der Waals surface area (Å²) in [5.41, 5.74) is -0.729. The number of non-ortho nitro benzene ring substituents is 1. The third kappa shape index (κ3) is 5.18. The summed E-state index contributed by atoms with van der Waals surface area (Å²) >= 11 is 0. The van der Waals surface area contributed by atoms with Gasteiger partial charge in [-0.05, 0) is 19.9 Å². The maximum absolute atomic E-state index is 12.8. The summed E-state index contributed by atoms with van der Waals surface area (Å²) in [6.07, 6.45) is -5.59. The Bertz CT molecular complexity index is 872. The van der Waals surface area contributed by atoms with Crippen molar-refractivity contribution in [1.29, 1.82) is 0 Å². The van der Waals surface area contributed by atoms with Crippen molar-refractivity contribution >= 4 is 17.3 Å². The van der Waals surface area contributed by atoms with Crippen LogP contribution in [0.5, 0.6) is 5.75 Å². The topological polar surface area (TPSA) is 99.3 Å². The minimum Gasteiger partial charge on any atom is -0.487 e. The number of nitro groups is 1. The van der Waals surface area contributed by atoms with Gasteiger partial charge in [-0.3, -0.25) is 19.6 Å². The van der Waals surface area contributed by atoms with Crippen molar-refractivity contribution in [2.24, 2.45) is 0 Å². The normalized spacial score (nSPS) is 12.3. The van der Waals surface area contributed by atoms with Gasteiger partial charge in [0.2, 0.25) is 5.91 Å². The molecule has 1 N–H and O–H groups in total. The van der Waals surface area contributed by atoms with Crippen LogP contribution in [0.15, 0.2) is 24.3 Å². The second-order valence-electron chi connectivity index (χ2n) is 5.80. The van der Waals surface area contributed by atoms with Crippen LogP contribution in [-0.4, -0.2) is 33.6 Å². The predicted molar refractivity (Wildman–Crippen MR) is 89.9 cm³/mol. The number of nitrogens with one attached hydrogen (secondary N) is 1. The van der Waals surface area contributed by atoms with E-state index in [-0.39, 0.29) is 11.4 Å². The Balaban J connectivity index is 2.23. The molecular weight excluding hydrogens is 388 g/mol. The summed E-state index contributed by atoms with van der Waals surface area (Å²) in [6, 6.07) is 3.21. The van der Waals surface area contributed by atoms with Crippen molar-refractivity contribution in [3.05, 3.63) is 45.8 Å². The number of aryl methyl sites for hydroxylation is 1. The lowest BCUT2D eigenvalue weighted by molar-refractivity contribution is -0.384. The number of carbonyl (C=O) groups excluding carboxylic acids is 1. The summed E-state index contributed by atoms with van der Waals surface area (Å²) in [6.45, 7) is 1.91. The molecule has 0 bridgehead atoms. The Morgan fingerprint density at radius 2 is 1.96 bits per heavy atom. The summed E-state index contributed by atoms with van der Waals surface area (Å²) in [7, 11) is 0. The van der Waals surface area contributed by atoms with Crippen LogP contribution in [0.4, 0.5) is 28.9 Å². The van der Waals surface area contributed by atoms with E-state index in [1.165, 1.54) is 13.8 Å². The van der Waals surface area contributed by atoms with Gasteiger partial charge in [0, 0.05) is 17.8 Å². The molecule has 0 aliphatic heterocycles. The van der Waals surface area contributed by atoms with E-state index in [0.717, 1.165) is 28.9 Å². The molecule has 0 aliphatic carbocycles. The Labute approximate surface area is 156 Å². The van der Waals surface area contributed by atoms with E-state index in [0.29, 0.717) is 5.69 Å². The molecule has 1 aromatic carbocycles. The fourth-order valence-electron chi connectivity index (χ4n) is 2.37. The first-order chi connectivity index (χ1) is 13.1. The minimum absolute atomic E-state index is 0.0748. The monoisotopic (exact) mass is 404 g/mol. The van der Waals surface area contributed by atoms with Gasteiger partial charge in [-0.25, -0.2) is 17.6 Å². The molecule has 2 aromatic rings. The first kappa shape index (κ1) is 21.1. The Morgan fingerprint density at radius 3 is 2.50 bits per heavy atom. The second-order valence-corrected chi connectivity index (χ2v) is 5.80. The van der Waals surface area contributed by atoms with Gasteiger partial charge >= 0.3 is 0 Å². The largest absolute Gasteiger partial charge is 0.487 e. The number of aromatic nitrogens is 2. The zero-order valence-electron chi connectivity index (χ0n) is 14.7. The van der Waals surface area contributed by atoms with Crippen LogP contribution in [-0.2, 0) is 4.79 Å². The number of anilines is 1. The number of ether oxygens (including phenoxy) is 1. The second kappa shape index (κ2) is 8.67. The number of alkyl halides is 4. The number of benzene rings is 1. The number of nitro benzene ring substituents is 1. The number of carbonyl (C=O) groups is 1.